The Morgan fingerprint density at radius 2 is 1.88 bits per heavy atom. The second-order valence-corrected chi connectivity index (χ2v) is 6.34. The van der Waals surface area contributed by atoms with Crippen molar-refractivity contribution in [2.24, 2.45) is 5.16 Å². The molecule has 0 bridgehead atoms. The van der Waals surface area contributed by atoms with Crippen LogP contribution in [0.4, 0.5) is 0 Å². The van der Waals surface area contributed by atoms with Gasteiger partial charge < -0.3 is 20.5 Å². The molecule has 25 heavy (non-hydrogen) atoms. The first kappa shape index (κ1) is 21.0. The van der Waals surface area contributed by atoms with Gasteiger partial charge in [-0.3, -0.25) is 0 Å². The molecule has 0 saturated heterocycles. The van der Waals surface area contributed by atoms with E-state index >= 15 is 0 Å². The predicted molar refractivity (Wildman–Crippen MR) is 97.6 cm³/mol. The van der Waals surface area contributed by atoms with E-state index in [0.29, 0.717) is 21.7 Å². The number of carboxylic acids is 1. The van der Waals surface area contributed by atoms with Crippen molar-refractivity contribution in [3.05, 3.63) is 69.2 Å². The minimum absolute atomic E-state index is 0.0550. The molecule has 3 N–H and O–H groups in total. The summed E-state index contributed by atoms with van der Waals surface area (Å²) in [5, 5.41) is 15.5. The zero-order valence-electron chi connectivity index (χ0n) is 14.0. The molecule has 0 aliphatic rings. The van der Waals surface area contributed by atoms with Gasteiger partial charge in [-0.15, -0.1) is 0 Å². The fourth-order valence-electron chi connectivity index (χ4n) is 1.63. The zero-order valence-corrected chi connectivity index (χ0v) is 15.6. The molecule has 5 nitrogen and oxygen atoms in total. The van der Waals surface area contributed by atoms with Crippen LogP contribution in [0.25, 0.3) is 0 Å². The van der Waals surface area contributed by atoms with E-state index in [2.05, 4.69) is 24.7 Å². The van der Waals surface area contributed by atoms with Crippen LogP contribution in [0.3, 0.4) is 0 Å². The maximum Gasteiger partial charge on any atom is 0.142 e. The minimum Gasteiger partial charge on any atom is -0.545 e. The summed E-state index contributed by atoms with van der Waals surface area (Å²) in [6.07, 6.45) is 1.32. The van der Waals surface area contributed by atoms with Crippen molar-refractivity contribution in [3.63, 3.8) is 0 Å². The number of carboxylic acid groups (broad SMARTS) is 1. The average molecular weight is 383 g/mol. The highest BCUT2D eigenvalue weighted by Gasteiger charge is 2.01. The first-order valence-corrected chi connectivity index (χ1v) is 8.29. The lowest BCUT2D eigenvalue weighted by molar-refractivity contribution is -0.407. The number of rotatable bonds is 5. The number of hydrogen-bond donors (Lipinski definition) is 1. The van der Waals surface area contributed by atoms with Gasteiger partial charge in [0.05, 0.1) is 28.3 Å². The maximum absolute atomic E-state index is 10.9. The number of carbonyl (C=O) groups excluding carboxylic acids is 1. The third kappa shape index (κ3) is 8.03. The van der Waals surface area contributed by atoms with Gasteiger partial charge in [0, 0.05) is 11.1 Å². The molecule has 2 rings (SSSR count). The van der Waals surface area contributed by atoms with Gasteiger partial charge in [-0.2, -0.15) is 0 Å². The molecule has 2 aromatic rings. The summed E-state index contributed by atoms with van der Waals surface area (Å²) in [6.45, 7) is 4.31. The third-order valence-corrected chi connectivity index (χ3v) is 3.40. The van der Waals surface area contributed by atoms with Crippen molar-refractivity contribution in [2.45, 2.75) is 26.5 Å². The lowest BCUT2D eigenvalue weighted by Crippen LogP contribution is -2.57. The van der Waals surface area contributed by atoms with Gasteiger partial charge in [0.25, 0.3) is 0 Å². The lowest BCUT2D eigenvalue weighted by Gasteiger charge is -2.05. The van der Waals surface area contributed by atoms with Crippen LogP contribution in [0.2, 0.25) is 10.0 Å². The molecule has 0 aliphatic carbocycles. The normalized spacial score (nSPS) is 10.5. The van der Waals surface area contributed by atoms with Crippen molar-refractivity contribution in [2.75, 3.05) is 0 Å². The van der Waals surface area contributed by atoms with Crippen molar-refractivity contribution in [1.29, 1.82) is 0 Å². The topological polar surface area (TPSA) is 89.4 Å². The van der Waals surface area contributed by atoms with E-state index in [4.69, 9.17) is 28.0 Å². The van der Waals surface area contributed by atoms with Crippen LogP contribution >= 0.6 is 23.2 Å². The van der Waals surface area contributed by atoms with Gasteiger partial charge in [0.2, 0.25) is 0 Å². The summed E-state index contributed by atoms with van der Waals surface area (Å²) in [7, 11) is 0. The Morgan fingerprint density at radius 1 is 1.24 bits per heavy atom. The Morgan fingerprint density at radius 3 is 2.48 bits per heavy atom. The van der Waals surface area contributed by atoms with E-state index in [0.717, 1.165) is 5.56 Å². The van der Waals surface area contributed by atoms with Crippen molar-refractivity contribution < 1.29 is 20.5 Å². The first-order chi connectivity index (χ1) is 11.8. The lowest BCUT2D eigenvalue weighted by atomic mass is 10.1. The zero-order chi connectivity index (χ0) is 18.8. The summed E-state index contributed by atoms with van der Waals surface area (Å²) in [6, 6.07) is 12.0. The van der Waals surface area contributed by atoms with Crippen molar-refractivity contribution in [1.82, 2.24) is 0 Å². The SMILES string of the molecule is CC(C)[NH3+].O=C([O-])c1ccccc1/C=N/OCc1ccc(Cl)c(Cl)c1. The standard InChI is InChI=1S/C15H11Cl2NO3.C3H9N/c16-13-6-5-10(7-14(13)17)9-21-18-8-11-3-1-2-4-12(11)15(19)20;1-3(2)4/h1-8H,9H2,(H,19,20);3H,4H2,1-2H3/b18-8+;. The molecule has 0 aliphatic heterocycles. The fraction of sp³-hybridized carbons (Fsp3) is 0.222. The van der Waals surface area contributed by atoms with Crippen LogP contribution < -0.4 is 10.8 Å². The number of aromatic carboxylic acids is 1. The van der Waals surface area contributed by atoms with E-state index in [9.17, 15) is 9.90 Å². The molecule has 0 saturated carbocycles. The van der Waals surface area contributed by atoms with Gasteiger partial charge in [0.15, 0.2) is 0 Å². The molecule has 134 valence electrons. The monoisotopic (exact) mass is 382 g/mol. The second kappa shape index (κ2) is 10.7. The van der Waals surface area contributed by atoms with Crippen LogP contribution in [0.15, 0.2) is 47.6 Å². The van der Waals surface area contributed by atoms with Crippen molar-refractivity contribution in [3.8, 4) is 0 Å². The summed E-state index contributed by atoms with van der Waals surface area (Å²) in [4.78, 5) is 16.0. The molecular weight excluding hydrogens is 363 g/mol. The van der Waals surface area contributed by atoms with E-state index < -0.39 is 5.97 Å². The maximum atomic E-state index is 10.9. The molecule has 0 unspecified atom stereocenters. The quantitative estimate of drug-likeness (QED) is 0.636. The summed E-state index contributed by atoms with van der Waals surface area (Å²) in [5.74, 6) is -1.26. The number of quaternary nitrogens is 1. The molecular formula is C18H20Cl2N2O3. The smallest absolute Gasteiger partial charge is 0.142 e. The molecule has 0 fully saturated rings. The molecule has 0 spiro atoms. The summed E-state index contributed by atoms with van der Waals surface area (Å²) in [5.41, 5.74) is 4.90. The highest BCUT2D eigenvalue weighted by Crippen LogP contribution is 2.22. The number of oxime groups is 1. The Bertz CT molecular complexity index is 731. The van der Waals surface area contributed by atoms with Crippen LogP contribution in [-0.2, 0) is 11.4 Å². The summed E-state index contributed by atoms with van der Waals surface area (Å²) < 4.78 is 0. The predicted octanol–water partition coefficient (Wildman–Crippen LogP) is 2.54. The van der Waals surface area contributed by atoms with Crippen LogP contribution in [0.5, 0.6) is 0 Å². The average Bonchev–Trinajstić information content (AvgIpc) is 2.54. The van der Waals surface area contributed by atoms with Gasteiger partial charge in [-0.25, -0.2) is 0 Å². The molecule has 0 atom stereocenters. The number of nitrogens with zero attached hydrogens (tertiary/aromatic N) is 1. The Hall–Kier alpha value is -2.08. The number of benzene rings is 2. The summed E-state index contributed by atoms with van der Waals surface area (Å²) >= 11 is 11.7. The van der Waals surface area contributed by atoms with Crippen LogP contribution in [0, 0.1) is 0 Å². The van der Waals surface area contributed by atoms with Crippen molar-refractivity contribution >= 4 is 35.4 Å². The second-order valence-electron chi connectivity index (χ2n) is 5.52. The molecule has 0 amide bonds. The number of hydrogen-bond acceptors (Lipinski definition) is 4. The Balaban J connectivity index is 0.000000705. The molecule has 0 heterocycles. The van der Waals surface area contributed by atoms with Gasteiger partial charge in [0.1, 0.15) is 6.61 Å². The van der Waals surface area contributed by atoms with E-state index in [1.54, 1.807) is 36.4 Å². The molecule has 7 heteroatoms. The molecule has 0 aromatic heterocycles. The fourth-order valence-corrected chi connectivity index (χ4v) is 1.95. The van der Waals surface area contributed by atoms with Gasteiger partial charge in [-0.05, 0) is 31.5 Å². The first-order valence-electron chi connectivity index (χ1n) is 7.54. The number of halogens is 2. The molecule has 2 aromatic carbocycles. The van der Waals surface area contributed by atoms with Crippen LogP contribution in [-0.4, -0.2) is 18.2 Å². The van der Waals surface area contributed by atoms with E-state index in [1.807, 2.05) is 0 Å². The van der Waals surface area contributed by atoms with E-state index in [1.165, 1.54) is 12.3 Å². The highest BCUT2D eigenvalue weighted by atomic mass is 35.5. The Labute approximate surface area is 157 Å². The minimum atomic E-state index is -1.26. The van der Waals surface area contributed by atoms with E-state index in [-0.39, 0.29) is 12.2 Å². The van der Waals surface area contributed by atoms with Gasteiger partial charge >= 0.3 is 0 Å². The molecule has 0 radical (unpaired) electrons. The largest absolute Gasteiger partial charge is 0.545 e. The Kier molecular flexibility index (Phi) is 8.99. The third-order valence-electron chi connectivity index (χ3n) is 2.66. The van der Waals surface area contributed by atoms with Gasteiger partial charge in [-0.1, -0.05) is 58.7 Å². The van der Waals surface area contributed by atoms with Crippen LogP contribution in [0.1, 0.15) is 35.3 Å². The highest BCUT2D eigenvalue weighted by molar-refractivity contribution is 6.42. The number of carbonyl (C=O) groups is 1.